The molecule has 0 spiro atoms. The second-order valence-corrected chi connectivity index (χ2v) is 5.90. The highest BCUT2D eigenvalue weighted by Crippen LogP contribution is 2.22. The molecule has 3 aromatic rings. The number of hydrogen-bond donors (Lipinski definition) is 1. The summed E-state index contributed by atoms with van der Waals surface area (Å²) in [4.78, 5) is 22.1. The molecule has 0 atom stereocenters. The molecule has 1 amide bonds. The van der Waals surface area contributed by atoms with Gasteiger partial charge in [-0.2, -0.15) is 0 Å². The maximum Gasteiger partial charge on any atom is 0.271 e. The van der Waals surface area contributed by atoms with Gasteiger partial charge >= 0.3 is 0 Å². The van der Waals surface area contributed by atoms with Crippen LogP contribution in [-0.2, 0) is 11.3 Å². The first-order valence-electron chi connectivity index (χ1n) is 7.18. The topological polar surface area (TPSA) is 129 Å². The van der Waals surface area contributed by atoms with Crippen LogP contribution < -0.4 is 5.32 Å². The second-order valence-electron chi connectivity index (χ2n) is 4.96. The minimum Gasteiger partial charge on any atom is -0.467 e. The molecule has 2 heterocycles. The smallest absolute Gasteiger partial charge is 0.271 e. The van der Waals surface area contributed by atoms with Gasteiger partial charge < -0.3 is 9.73 Å². The maximum absolute atomic E-state index is 13.7. The van der Waals surface area contributed by atoms with E-state index < -0.39 is 16.6 Å². The van der Waals surface area contributed by atoms with Gasteiger partial charge in [-0.1, -0.05) is 11.8 Å². The van der Waals surface area contributed by atoms with E-state index in [0.717, 1.165) is 30.0 Å². The summed E-state index contributed by atoms with van der Waals surface area (Å²) in [6.45, 7) is 0.295. The van der Waals surface area contributed by atoms with Gasteiger partial charge in [0.25, 0.3) is 5.69 Å². The van der Waals surface area contributed by atoms with Crippen LogP contribution in [-0.4, -0.2) is 36.8 Å². The minimum atomic E-state index is -0.767. The third-order valence-electron chi connectivity index (χ3n) is 3.15. The van der Waals surface area contributed by atoms with Crippen LogP contribution >= 0.6 is 11.8 Å². The van der Waals surface area contributed by atoms with Crippen LogP contribution in [0.5, 0.6) is 0 Å². The van der Waals surface area contributed by atoms with Gasteiger partial charge in [0.05, 0.1) is 22.6 Å². The molecule has 0 aliphatic carbocycles. The zero-order valence-corrected chi connectivity index (χ0v) is 13.9. The highest BCUT2D eigenvalue weighted by atomic mass is 32.2. The molecule has 1 N–H and O–H groups in total. The van der Waals surface area contributed by atoms with E-state index in [1.54, 1.807) is 12.1 Å². The predicted molar refractivity (Wildman–Crippen MR) is 88.0 cm³/mol. The van der Waals surface area contributed by atoms with Crippen LogP contribution in [0, 0.1) is 15.9 Å². The fourth-order valence-electron chi connectivity index (χ4n) is 1.99. The molecule has 0 fully saturated rings. The van der Waals surface area contributed by atoms with Crippen LogP contribution in [0.25, 0.3) is 0 Å². The Bertz CT molecular complexity index is 929. The lowest BCUT2D eigenvalue weighted by atomic mass is 10.2. The predicted octanol–water partition coefficient (Wildman–Crippen LogP) is 2.09. The normalized spacial score (nSPS) is 10.7. The average molecular weight is 378 g/mol. The van der Waals surface area contributed by atoms with Crippen molar-refractivity contribution in [3.63, 3.8) is 0 Å². The summed E-state index contributed by atoms with van der Waals surface area (Å²) in [5, 5.41) is 24.6. The Balaban J connectivity index is 1.61. The fraction of sp³-hybridized carbons (Fsp3) is 0.143. The number of halogens is 1. The average Bonchev–Trinajstić information content (AvgIpc) is 3.27. The molecule has 0 unspecified atom stereocenters. The quantitative estimate of drug-likeness (QED) is 0.376. The van der Waals surface area contributed by atoms with Crippen LogP contribution in [0.3, 0.4) is 0 Å². The van der Waals surface area contributed by atoms with Gasteiger partial charge in [-0.25, -0.2) is 9.07 Å². The Morgan fingerprint density at radius 1 is 1.42 bits per heavy atom. The van der Waals surface area contributed by atoms with Crippen molar-refractivity contribution in [1.82, 2.24) is 20.2 Å². The first kappa shape index (κ1) is 17.5. The van der Waals surface area contributed by atoms with E-state index >= 15 is 0 Å². The number of nitrogens with one attached hydrogen (secondary N) is 1. The Morgan fingerprint density at radius 2 is 2.27 bits per heavy atom. The van der Waals surface area contributed by atoms with Gasteiger partial charge in [-0.05, 0) is 28.6 Å². The number of nitro groups is 1. The van der Waals surface area contributed by atoms with Crippen molar-refractivity contribution in [2.24, 2.45) is 0 Å². The summed E-state index contributed by atoms with van der Waals surface area (Å²) in [5.74, 6) is -0.790. The summed E-state index contributed by atoms with van der Waals surface area (Å²) in [7, 11) is 0. The van der Waals surface area contributed by atoms with E-state index in [4.69, 9.17) is 4.42 Å². The monoisotopic (exact) mass is 378 g/mol. The molecule has 0 saturated carbocycles. The molecule has 0 radical (unpaired) electrons. The molecule has 0 aliphatic rings. The zero-order chi connectivity index (χ0) is 18.5. The van der Waals surface area contributed by atoms with Crippen molar-refractivity contribution in [3.05, 3.63) is 58.3 Å². The lowest BCUT2D eigenvalue weighted by molar-refractivity contribution is -0.384. The fourth-order valence-corrected chi connectivity index (χ4v) is 2.66. The molecule has 3 rings (SSSR count). The molecular weight excluding hydrogens is 367 g/mol. The molecule has 12 heteroatoms. The Kier molecular flexibility index (Phi) is 5.22. The third-order valence-corrected chi connectivity index (χ3v) is 4.11. The number of carbonyl (C=O) groups is 1. The highest BCUT2D eigenvalue weighted by molar-refractivity contribution is 7.99. The molecule has 0 saturated heterocycles. The first-order chi connectivity index (χ1) is 12.5. The number of furan rings is 1. The number of hydrogen-bond acceptors (Lipinski definition) is 8. The van der Waals surface area contributed by atoms with Gasteiger partial charge in [0, 0.05) is 12.1 Å². The van der Waals surface area contributed by atoms with Crippen molar-refractivity contribution in [3.8, 4) is 0 Å². The van der Waals surface area contributed by atoms with Crippen LogP contribution in [0.15, 0.2) is 46.2 Å². The number of rotatable bonds is 7. The summed E-state index contributed by atoms with van der Waals surface area (Å²) < 4.78 is 20.3. The van der Waals surface area contributed by atoms with Crippen molar-refractivity contribution >= 4 is 29.0 Å². The third kappa shape index (κ3) is 4.22. The van der Waals surface area contributed by atoms with Crippen molar-refractivity contribution < 1.29 is 18.5 Å². The van der Waals surface area contributed by atoms with Gasteiger partial charge in [0.15, 0.2) is 0 Å². The van der Waals surface area contributed by atoms with E-state index in [1.807, 2.05) is 0 Å². The minimum absolute atomic E-state index is 0.110. The van der Waals surface area contributed by atoms with E-state index in [1.165, 1.54) is 10.9 Å². The number of carbonyl (C=O) groups excluding carboxylic acids is 1. The van der Waals surface area contributed by atoms with Crippen molar-refractivity contribution in [2.45, 2.75) is 11.7 Å². The number of tetrazole rings is 1. The molecule has 26 heavy (non-hydrogen) atoms. The molecule has 0 aliphatic heterocycles. The van der Waals surface area contributed by atoms with Crippen LogP contribution in [0.1, 0.15) is 5.76 Å². The molecule has 10 nitrogen and oxygen atoms in total. The van der Waals surface area contributed by atoms with Gasteiger partial charge in [0.2, 0.25) is 11.1 Å². The zero-order valence-electron chi connectivity index (χ0n) is 13.0. The lowest BCUT2D eigenvalue weighted by Gasteiger charge is -2.06. The Hall–Kier alpha value is -3.28. The standard InChI is InChI=1S/C14H11FN6O4S/c15-11-4-3-9(21(23)24)6-12(11)16-13(22)8-26-14-17-18-19-20(14)7-10-2-1-5-25-10/h1-6H,7-8H2,(H,16,22). The summed E-state index contributed by atoms with van der Waals surface area (Å²) in [6.07, 6.45) is 1.52. The number of nitro benzene ring substituents is 1. The number of aromatic nitrogens is 4. The van der Waals surface area contributed by atoms with Crippen LogP contribution in [0.4, 0.5) is 15.8 Å². The Labute approximate surface area is 149 Å². The lowest BCUT2D eigenvalue weighted by Crippen LogP contribution is -2.16. The molecule has 1 aromatic carbocycles. The van der Waals surface area contributed by atoms with E-state index in [9.17, 15) is 19.3 Å². The summed E-state index contributed by atoms with van der Waals surface area (Å²) >= 11 is 1.04. The van der Waals surface area contributed by atoms with E-state index in [0.29, 0.717) is 17.5 Å². The molecule has 134 valence electrons. The number of amides is 1. The molecule has 2 aromatic heterocycles. The Morgan fingerprint density at radius 3 is 3.00 bits per heavy atom. The van der Waals surface area contributed by atoms with Crippen molar-refractivity contribution in [1.29, 1.82) is 0 Å². The second kappa shape index (κ2) is 7.74. The van der Waals surface area contributed by atoms with E-state index in [-0.39, 0.29) is 17.1 Å². The van der Waals surface area contributed by atoms with E-state index in [2.05, 4.69) is 20.8 Å². The molecular formula is C14H11FN6O4S. The number of non-ortho nitro benzene ring substituents is 1. The van der Waals surface area contributed by atoms with Gasteiger partial charge in [-0.3, -0.25) is 14.9 Å². The van der Waals surface area contributed by atoms with Gasteiger partial charge in [-0.15, -0.1) is 5.10 Å². The largest absolute Gasteiger partial charge is 0.467 e. The van der Waals surface area contributed by atoms with Crippen LogP contribution in [0.2, 0.25) is 0 Å². The summed E-state index contributed by atoms with van der Waals surface area (Å²) in [5.41, 5.74) is -0.586. The number of thioether (sulfide) groups is 1. The van der Waals surface area contributed by atoms with Crippen molar-refractivity contribution in [2.75, 3.05) is 11.1 Å². The SMILES string of the molecule is O=C(CSc1nnnn1Cc1ccco1)Nc1cc([N+](=O)[O-])ccc1F. The first-order valence-corrected chi connectivity index (χ1v) is 8.16. The molecule has 0 bridgehead atoms. The summed E-state index contributed by atoms with van der Waals surface area (Å²) in [6, 6.07) is 6.38. The number of anilines is 1. The number of benzene rings is 1. The number of nitrogens with zero attached hydrogens (tertiary/aromatic N) is 5. The highest BCUT2D eigenvalue weighted by Gasteiger charge is 2.15. The maximum atomic E-state index is 13.7. The van der Waals surface area contributed by atoms with Gasteiger partial charge in [0.1, 0.15) is 18.1 Å².